The third-order valence-corrected chi connectivity index (χ3v) is 7.89. The number of hydrogen-bond acceptors (Lipinski definition) is 6. The van der Waals surface area contributed by atoms with Gasteiger partial charge in [0.05, 0.1) is 36.2 Å². The predicted molar refractivity (Wildman–Crippen MR) is 131 cm³/mol. The third kappa shape index (κ3) is 3.51. The van der Waals surface area contributed by atoms with Crippen LogP contribution in [-0.2, 0) is 19.2 Å². The first-order chi connectivity index (χ1) is 17.4. The summed E-state index contributed by atoms with van der Waals surface area (Å²) >= 11 is 6.11. The van der Waals surface area contributed by atoms with E-state index < -0.39 is 11.9 Å². The van der Waals surface area contributed by atoms with Crippen LogP contribution in [0, 0.1) is 29.6 Å². The van der Waals surface area contributed by atoms with Gasteiger partial charge in [0.25, 0.3) is 0 Å². The van der Waals surface area contributed by atoms with Crippen LogP contribution in [0.4, 0.5) is 11.4 Å². The summed E-state index contributed by atoms with van der Waals surface area (Å²) in [6.45, 7) is 0.121. The molecule has 2 saturated heterocycles. The van der Waals surface area contributed by atoms with Crippen LogP contribution in [-0.4, -0.2) is 37.3 Å². The lowest BCUT2D eigenvalue weighted by atomic mass is 9.85. The van der Waals surface area contributed by atoms with Gasteiger partial charge in [-0.3, -0.25) is 19.2 Å². The van der Waals surface area contributed by atoms with E-state index in [0.29, 0.717) is 22.1 Å². The Hall–Kier alpha value is -3.65. The number of fused-ring (bicyclic) bond motifs is 5. The number of carbonyl (C=O) groups is 4. The average Bonchev–Trinajstić information content (AvgIpc) is 3.62. The highest BCUT2D eigenvalue weighted by Crippen LogP contribution is 2.53. The van der Waals surface area contributed by atoms with Crippen LogP contribution in [0.5, 0.6) is 11.5 Å². The van der Waals surface area contributed by atoms with Crippen molar-refractivity contribution in [1.29, 1.82) is 0 Å². The monoisotopic (exact) mass is 506 g/mol. The second-order valence-electron chi connectivity index (χ2n) is 9.65. The first-order valence-corrected chi connectivity index (χ1v) is 12.3. The number of methoxy groups -OCH3 is 1. The molecule has 36 heavy (non-hydrogen) atoms. The fourth-order valence-corrected chi connectivity index (χ4v) is 6.18. The van der Waals surface area contributed by atoms with E-state index in [0.717, 1.165) is 6.42 Å². The zero-order valence-electron chi connectivity index (χ0n) is 19.4. The molecule has 2 aromatic rings. The Balaban J connectivity index is 1.18. The molecule has 2 aliphatic carbocycles. The highest BCUT2D eigenvalue weighted by atomic mass is 35.5. The van der Waals surface area contributed by atoms with Crippen LogP contribution in [0.25, 0.3) is 0 Å². The molecule has 8 nitrogen and oxygen atoms in total. The van der Waals surface area contributed by atoms with E-state index in [9.17, 15) is 19.2 Å². The van der Waals surface area contributed by atoms with Gasteiger partial charge in [-0.25, -0.2) is 4.90 Å². The normalized spacial score (nSPS) is 28.3. The number of rotatable bonds is 5. The molecule has 0 N–H and O–H groups in total. The Kier molecular flexibility index (Phi) is 5.37. The first-order valence-electron chi connectivity index (χ1n) is 11.9. The fraction of sp³-hybridized carbons (Fsp3) is 0.333. The fourth-order valence-electron chi connectivity index (χ4n) is 6.01. The SMILES string of the molecule is COc1ccc(Cl)cc1N1C[C@H](C(=O)Oc2cccc(N3C(=O)[C@@H]4[C@H](C3=O)[C@H]3C=C[C@H]4C3)c2)CC1=O. The molecule has 184 valence electrons. The molecule has 6 rings (SSSR count). The Morgan fingerprint density at radius 2 is 1.72 bits per heavy atom. The summed E-state index contributed by atoms with van der Waals surface area (Å²) in [6, 6.07) is 11.4. The van der Waals surface area contributed by atoms with E-state index in [4.69, 9.17) is 21.1 Å². The number of benzene rings is 2. The van der Waals surface area contributed by atoms with Crippen molar-refractivity contribution in [1.82, 2.24) is 0 Å². The maximum atomic E-state index is 13.1. The standard InChI is InChI=1S/C27H23ClN2O6/c1-35-21-8-7-17(28)11-20(21)29-13-16(10-22(29)31)27(34)36-19-4-2-3-18(12-19)30-25(32)23-14-5-6-15(9-14)24(23)26(30)33/h2-8,11-12,14-16,23-24H,9-10,13H2,1H3/t14-,15-,16+,23-,24+/m0/s1. The van der Waals surface area contributed by atoms with Crippen molar-refractivity contribution in [3.05, 3.63) is 59.6 Å². The largest absolute Gasteiger partial charge is 0.495 e. The van der Waals surface area contributed by atoms with E-state index >= 15 is 0 Å². The number of imide groups is 1. The van der Waals surface area contributed by atoms with E-state index in [1.54, 1.807) is 36.4 Å². The summed E-state index contributed by atoms with van der Waals surface area (Å²) in [5, 5.41) is 0.445. The molecule has 4 aliphatic rings. The van der Waals surface area contributed by atoms with Gasteiger partial charge in [-0.05, 0) is 48.6 Å². The number of ether oxygens (including phenoxy) is 2. The van der Waals surface area contributed by atoms with Crippen molar-refractivity contribution in [2.45, 2.75) is 12.8 Å². The van der Waals surface area contributed by atoms with Gasteiger partial charge in [-0.1, -0.05) is 29.8 Å². The number of amides is 3. The van der Waals surface area contributed by atoms with E-state index in [2.05, 4.69) is 0 Å². The lowest BCUT2D eigenvalue weighted by Crippen LogP contribution is -2.32. The molecule has 1 saturated carbocycles. The highest BCUT2D eigenvalue weighted by molar-refractivity contribution is 6.31. The van der Waals surface area contributed by atoms with E-state index in [1.807, 2.05) is 12.2 Å². The quantitative estimate of drug-likeness (QED) is 0.266. The highest BCUT2D eigenvalue weighted by Gasteiger charge is 2.59. The molecule has 2 bridgehead atoms. The van der Waals surface area contributed by atoms with Gasteiger partial charge in [0.1, 0.15) is 11.5 Å². The molecule has 0 radical (unpaired) electrons. The Morgan fingerprint density at radius 1 is 1.00 bits per heavy atom. The van der Waals surface area contributed by atoms with Crippen molar-refractivity contribution < 1.29 is 28.7 Å². The number of allylic oxidation sites excluding steroid dienone is 2. The zero-order chi connectivity index (χ0) is 25.1. The number of anilines is 2. The predicted octanol–water partition coefficient (Wildman–Crippen LogP) is 3.62. The van der Waals surface area contributed by atoms with Crippen molar-refractivity contribution in [2.24, 2.45) is 29.6 Å². The second-order valence-corrected chi connectivity index (χ2v) is 10.1. The van der Waals surface area contributed by atoms with Crippen LogP contribution in [0.3, 0.4) is 0 Å². The maximum Gasteiger partial charge on any atom is 0.316 e. The van der Waals surface area contributed by atoms with Crippen molar-refractivity contribution in [2.75, 3.05) is 23.5 Å². The molecule has 0 spiro atoms. The summed E-state index contributed by atoms with van der Waals surface area (Å²) in [4.78, 5) is 54.6. The van der Waals surface area contributed by atoms with Crippen molar-refractivity contribution in [3.8, 4) is 11.5 Å². The minimum absolute atomic E-state index is 0.0174. The molecule has 0 aromatic heterocycles. The average molecular weight is 507 g/mol. The van der Waals surface area contributed by atoms with E-state index in [-0.39, 0.29) is 60.1 Å². The van der Waals surface area contributed by atoms with Crippen LogP contribution in [0.15, 0.2) is 54.6 Å². The molecule has 9 heteroatoms. The number of hydrogen-bond donors (Lipinski definition) is 0. The summed E-state index contributed by atoms with van der Waals surface area (Å²) < 4.78 is 10.9. The molecule has 3 fully saturated rings. The van der Waals surface area contributed by atoms with Gasteiger partial charge in [-0.15, -0.1) is 0 Å². The lowest BCUT2D eigenvalue weighted by molar-refractivity contribution is -0.139. The van der Waals surface area contributed by atoms with Crippen LogP contribution >= 0.6 is 11.6 Å². The topological polar surface area (TPSA) is 93.2 Å². The molecular weight excluding hydrogens is 484 g/mol. The summed E-state index contributed by atoms with van der Waals surface area (Å²) in [7, 11) is 1.50. The first kappa shape index (κ1) is 22.8. The number of carbonyl (C=O) groups excluding carboxylic acids is 4. The van der Waals surface area contributed by atoms with Crippen LogP contribution in [0.1, 0.15) is 12.8 Å². The Labute approximate surface area is 212 Å². The van der Waals surface area contributed by atoms with Gasteiger partial charge >= 0.3 is 5.97 Å². The van der Waals surface area contributed by atoms with E-state index in [1.165, 1.54) is 23.0 Å². The van der Waals surface area contributed by atoms with Gasteiger partial charge < -0.3 is 14.4 Å². The van der Waals surface area contributed by atoms with Gasteiger partial charge in [-0.2, -0.15) is 0 Å². The van der Waals surface area contributed by atoms with Crippen LogP contribution < -0.4 is 19.3 Å². The molecule has 2 aromatic carbocycles. The zero-order valence-corrected chi connectivity index (χ0v) is 20.2. The molecule has 0 unspecified atom stereocenters. The number of nitrogens with zero attached hydrogens (tertiary/aromatic N) is 2. The molecular formula is C27H23ClN2O6. The van der Waals surface area contributed by atoms with Crippen LogP contribution in [0.2, 0.25) is 5.02 Å². The van der Waals surface area contributed by atoms with Gasteiger partial charge in [0.2, 0.25) is 17.7 Å². The third-order valence-electron chi connectivity index (χ3n) is 7.65. The molecule has 5 atom stereocenters. The smallest absolute Gasteiger partial charge is 0.316 e. The molecule has 2 heterocycles. The maximum absolute atomic E-state index is 13.1. The summed E-state index contributed by atoms with van der Waals surface area (Å²) in [5.41, 5.74) is 0.879. The second kappa shape index (κ2) is 8.48. The summed E-state index contributed by atoms with van der Waals surface area (Å²) in [5.74, 6) is -1.60. The lowest BCUT2D eigenvalue weighted by Gasteiger charge is -2.20. The van der Waals surface area contributed by atoms with Crippen molar-refractivity contribution in [3.63, 3.8) is 0 Å². The molecule has 2 aliphatic heterocycles. The minimum atomic E-state index is -0.694. The van der Waals surface area contributed by atoms with Gasteiger partial charge in [0, 0.05) is 24.1 Å². The molecule has 3 amide bonds. The van der Waals surface area contributed by atoms with Gasteiger partial charge in [0.15, 0.2) is 0 Å². The van der Waals surface area contributed by atoms with Crippen molar-refractivity contribution >= 4 is 46.7 Å². The summed E-state index contributed by atoms with van der Waals surface area (Å²) in [6.07, 6.45) is 4.93. The number of halogens is 1. The minimum Gasteiger partial charge on any atom is -0.495 e. The Bertz CT molecular complexity index is 1310. The Morgan fingerprint density at radius 3 is 2.42 bits per heavy atom. The number of esters is 1.